The second kappa shape index (κ2) is 7.17. The van der Waals surface area contributed by atoms with Gasteiger partial charge in [0.25, 0.3) is 0 Å². The highest BCUT2D eigenvalue weighted by molar-refractivity contribution is 7.91. The van der Waals surface area contributed by atoms with Gasteiger partial charge in [-0.05, 0) is 6.92 Å². The van der Waals surface area contributed by atoms with Gasteiger partial charge in [-0.2, -0.15) is 0 Å². The quantitative estimate of drug-likeness (QED) is 0.597. The molecule has 0 heterocycles. The first kappa shape index (κ1) is 13.8. The van der Waals surface area contributed by atoms with Crippen LogP contribution in [-0.4, -0.2) is 52.9 Å². The molecule has 2 N–H and O–H groups in total. The van der Waals surface area contributed by atoms with Crippen LogP contribution in [0.2, 0.25) is 0 Å². The van der Waals surface area contributed by atoms with Crippen molar-refractivity contribution in [1.29, 1.82) is 0 Å². The molecule has 0 amide bonds. The smallest absolute Gasteiger partial charge is 0.155 e. The Labute approximate surface area is 85.5 Å². The summed E-state index contributed by atoms with van der Waals surface area (Å²) in [6.45, 7) is 2.72. The molecule has 0 spiro atoms. The van der Waals surface area contributed by atoms with E-state index in [1.807, 2.05) is 6.92 Å². The highest BCUT2D eigenvalue weighted by Gasteiger charge is 2.17. The highest BCUT2D eigenvalue weighted by atomic mass is 32.2. The van der Waals surface area contributed by atoms with Gasteiger partial charge in [-0.25, -0.2) is 8.42 Å². The zero-order valence-corrected chi connectivity index (χ0v) is 9.55. The van der Waals surface area contributed by atoms with Crippen LogP contribution >= 0.6 is 0 Å². The van der Waals surface area contributed by atoms with E-state index < -0.39 is 15.9 Å². The first-order chi connectivity index (χ1) is 6.55. The number of ether oxygens (including phenoxy) is 2. The molecule has 14 heavy (non-hydrogen) atoms. The van der Waals surface area contributed by atoms with Crippen LogP contribution in [0.5, 0.6) is 0 Å². The first-order valence-corrected chi connectivity index (χ1v) is 6.39. The van der Waals surface area contributed by atoms with Gasteiger partial charge in [0.15, 0.2) is 9.84 Å². The Bertz CT molecular complexity index is 227. The predicted octanol–water partition coefficient (Wildman–Crippen LogP) is -0.589. The van der Waals surface area contributed by atoms with Crippen LogP contribution in [0, 0.1) is 0 Å². The maximum atomic E-state index is 11.4. The van der Waals surface area contributed by atoms with Crippen molar-refractivity contribution < 1.29 is 17.9 Å². The van der Waals surface area contributed by atoms with Gasteiger partial charge in [-0.15, -0.1) is 0 Å². The number of rotatable bonds is 8. The van der Waals surface area contributed by atoms with Gasteiger partial charge in [-0.3, -0.25) is 0 Å². The van der Waals surface area contributed by atoms with Gasteiger partial charge >= 0.3 is 0 Å². The summed E-state index contributed by atoms with van der Waals surface area (Å²) < 4.78 is 32.7. The van der Waals surface area contributed by atoms with Crippen LogP contribution in [0.3, 0.4) is 0 Å². The summed E-state index contributed by atoms with van der Waals surface area (Å²) >= 11 is 0. The van der Waals surface area contributed by atoms with Gasteiger partial charge < -0.3 is 15.2 Å². The molecular formula is C8H19NO4S. The number of sulfone groups is 1. The summed E-state index contributed by atoms with van der Waals surface area (Å²) in [5.74, 6) is -0.00618. The predicted molar refractivity (Wildman–Crippen MR) is 55.0 cm³/mol. The molecule has 0 saturated heterocycles. The summed E-state index contributed by atoms with van der Waals surface area (Å²) in [5.41, 5.74) is 5.37. The van der Waals surface area contributed by atoms with E-state index in [0.29, 0.717) is 6.61 Å². The molecule has 0 rings (SSSR count). The lowest BCUT2D eigenvalue weighted by atomic mass is 10.4. The van der Waals surface area contributed by atoms with E-state index in [4.69, 9.17) is 15.2 Å². The molecule has 0 aliphatic heterocycles. The zero-order valence-electron chi connectivity index (χ0n) is 8.73. The SMILES string of the molecule is CCOC(CN)CS(=O)(=O)CCOC. The molecule has 0 saturated carbocycles. The minimum atomic E-state index is -3.11. The second-order valence-electron chi connectivity index (χ2n) is 2.92. The second-order valence-corrected chi connectivity index (χ2v) is 5.15. The maximum absolute atomic E-state index is 11.4. The summed E-state index contributed by atoms with van der Waals surface area (Å²) in [6.07, 6.45) is -0.401. The van der Waals surface area contributed by atoms with Crippen LogP contribution < -0.4 is 5.73 Å². The van der Waals surface area contributed by atoms with Crippen molar-refractivity contribution in [2.24, 2.45) is 5.73 Å². The lowest BCUT2D eigenvalue weighted by Crippen LogP contribution is -2.33. The van der Waals surface area contributed by atoms with Crippen molar-refractivity contribution in [2.75, 3.05) is 38.4 Å². The Morgan fingerprint density at radius 1 is 1.43 bits per heavy atom. The average Bonchev–Trinajstić information content (AvgIpc) is 2.14. The summed E-state index contributed by atoms with van der Waals surface area (Å²) in [4.78, 5) is 0. The minimum Gasteiger partial charge on any atom is -0.384 e. The third-order valence-corrected chi connectivity index (χ3v) is 3.37. The van der Waals surface area contributed by atoms with Gasteiger partial charge in [0.05, 0.1) is 24.2 Å². The minimum absolute atomic E-state index is 0.0209. The Balaban J connectivity index is 4.04. The van der Waals surface area contributed by atoms with Crippen molar-refractivity contribution in [3.05, 3.63) is 0 Å². The van der Waals surface area contributed by atoms with Gasteiger partial charge in [0, 0.05) is 20.3 Å². The van der Waals surface area contributed by atoms with Crippen molar-refractivity contribution in [2.45, 2.75) is 13.0 Å². The standard InChI is InChI=1S/C8H19NO4S/c1-3-13-8(6-9)7-14(10,11)5-4-12-2/h8H,3-7,9H2,1-2H3. The van der Waals surface area contributed by atoms with Gasteiger partial charge in [0.2, 0.25) is 0 Å². The third kappa shape index (κ3) is 6.31. The fourth-order valence-electron chi connectivity index (χ4n) is 0.997. The molecule has 5 nitrogen and oxygen atoms in total. The van der Waals surface area contributed by atoms with Crippen LogP contribution in [0.15, 0.2) is 0 Å². The van der Waals surface area contributed by atoms with Crippen molar-refractivity contribution >= 4 is 9.84 Å². The van der Waals surface area contributed by atoms with Gasteiger partial charge in [0.1, 0.15) is 0 Å². The molecule has 0 aliphatic rings. The van der Waals surface area contributed by atoms with Crippen molar-refractivity contribution in [1.82, 2.24) is 0 Å². The zero-order chi connectivity index (χ0) is 11.0. The summed E-state index contributed by atoms with van der Waals surface area (Å²) in [7, 11) is -1.64. The fourth-order valence-corrected chi connectivity index (χ4v) is 2.38. The summed E-state index contributed by atoms with van der Waals surface area (Å²) in [6, 6.07) is 0. The molecule has 86 valence electrons. The Morgan fingerprint density at radius 2 is 2.07 bits per heavy atom. The Kier molecular flexibility index (Phi) is 7.08. The van der Waals surface area contributed by atoms with E-state index in [1.54, 1.807) is 0 Å². The number of hydrogen-bond donors (Lipinski definition) is 1. The normalized spacial score (nSPS) is 14.2. The molecule has 1 atom stereocenters. The van der Waals surface area contributed by atoms with E-state index in [-0.39, 0.29) is 24.7 Å². The van der Waals surface area contributed by atoms with Crippen LogP contribution in [0.25, 0.3) is 0 Å². The highest BCUT2D eigenvalue weighted by Crippen LogP contribution is 1.98. The molecule has 0 radical (unpaired) electrons. The van der Waals surface area contributed by atoms with E-state index in [2.05, 4.69) is 0 Å². The van der Waals surface area contributed by atoms with Crippen molar-refractivity contribution in [3.8, 4) is 0 Å². The summed E-state index contributed by atoms with van der Waals surface area (Å²) in [5, 5.41) is 0. The Hall–Kier alpha value is -0.170. The molecule has 6 heteroatoms. The molecule has 0 aromatic carbocycles. The Morgan fingerprint density at radius 3 is 2.50 bits per heavy atom. The molecule has 0 aromatic heterocycles. The number of methoxy groups -OCH3 is 1. The van der Waals surface area contributed by atoms with Crippen LogP contribution in [0.1, 0.15) is 6.92 Å². The first-order valence-electron chi connectivity index (χ1n) is 4.56. The van der Waals surface area contributed by atoms with E-state index >= 15 is 0 Å². The lowest BCUT2D eigenvalue weighted by molar-refractivity contribution is 0.0845. The molecular weight excluding hydrogens is 206 g/mol. The van der Waals surface area contributed by atoms with E-state index in [1.165, 1.54) is 7.11 Å². The topological polar surface area (TPSA) is 78.6 Å². The molecule has 0 aliphatic carbocycles. The largest absolute Gasteiger partial charge is 0.384 e. The molecule has 0 bridgehead atoms. The molecule has 0 fully saturated rings. The molecule has 1 unspecified atom stereocenters. The lowest BCUT2D eigenvalue weighted by Gasteiger charge is -2.14. The van der Waals surface area contributed by atoms with Crippen LogP contribution in [-0.2, 0) is 19.3 Å². The maximum Gasteiger partial charge on any atom is 0.155 e. The number of hydrogen-bond acceptors (Lipinski definition) is 5. The third-order valence-electron chi connectivity index (χ3n) is 1.70. The number of nitrogens with two attached hydrogens (primary N) is 1. The molecule has 0 aromatic rings. The fraction of sp³-hybridized carbons (Fsp3) is 1.00. The van der Waals surface area contributed by atoms with E-state index in [0.717, 1.165) is 0 Å². The van der Waals surface area contributed by atoms with Crippen molar-refractivity contribution in [3.63, 3.8) is 0 Å². The average molecular weight is 225 g/mol. The van der Waals surface area contributed by atoms with Gasteiger partial charge in [-0.1, -0.05) is 0 Å². The van der Waals surface area contributed by atoms with E-state index in [9.17, 15) is 8.42 Å². The monoisotopic (exact) mass is 225 g/mol. The van der Waals surface area contributed by atoms with Crippen LogP contribution in [0.4, 0.5) is 0 Å².